The van der Waals surface area contributed by atoms with E-state index in [1.807, 2.05) is 20.8 Å². The number of aliphatic hydroxyl groups is 2. The Balaban J connectivity index is 2.25. The molecule has 0 aliphatic carbocycles. The van der Waals surface area contributed by atoms with Crippen LogP contribution >= 0.6 is 29.9 Å². The molecule has 33 heavy (non-hydrogen) atoms. The second-order valence-electron chi connectivity index (χ2n) is 7.52. The van der Waals surface area contributed by atoms with E-state index in [-0.39, 0.29) is 18.0 Å². The van der Waals surface area contributed by atoms with Crippen LogP contribution in [0.1, 0.15) is 44.3 Å². The first kappa shape index (κ1) is 27.0. The second-order valence-corrected chi connectivity index (χ2v) is 13.6. The first-order chi connectivity index (χ1) is 15.6. The largest absolute Gasteiger partial charge is 0.492 e. The summed E-state index contributed by atoms with van der Waals surface area (Å²) >= 11 is 2.41. The minimum Gasteiger partial charge on any atom is -0.492 e. The molecule has 0 fully saturated rings. The third-order valence-electron chi connectivity index (χ3n) is 5.35. The summed E-state index contributed by atoms with van der Waals surface area (Å²) in [5, 5.41) is 29.2. The zero-order valence-corrected chi connectivity index (χ0v) is 21.9. The van der Waals surface area contributed by atoms with Gasteiger partial charge in [0.05, 0.1) is 42.9 Å². The fraction of sp³-hybridized carbons (Fsp3) is 0.409. The van der Waals surface area contributed by atoms with Crippen molar-refractivity contribution in [2.45, 2.75) is 27.7 Å². The van der Waals surface area contributed by atoms with Gasteiger partial charge in [0.25, 0.3) is 5.91 Å². The number of esters is 1. The van der Waals surface area contributed by atoms with Crippen LogP contribution in [0, 0.1) is 13.8 Å². The summed E-state index contributed by atoms with van der Waals surface area (Å²) in [4.78, 5) is 37.6. The molecule has 0 saturated heterocycles. The van der Waals surface area contributed by atoms with Gasteiger partial charge < -0.3 is 25.6 Å². The molecule has 2 aromatic rings. The van der Waals surface area contributed by atoms with Crippen molar-refractivity contribution in [2.24, 2.45) is 0 Å². The Hall–Kier alpha value is -2.26. The fourth-order valence-electron chi connectivity index (χ4n) is 3.28. The molecule has 0 saturated carbocycles. The molecule has 180 valence electrons. The van der Waals surface area contributed by atoms with Gasteiger partial charge in [-0.15, -0.1) is 22.7 Å². The molecule has 2 heterocycles. The first-order valence-corrected chi connectivity index (χ1v) is 14.5. The van der Waals surface area contributed by atoms with E-state index < -0.39 is 25.6 Å². The van der Waals surface area contributed by atoms with Gasteiger partial charge in [-0.3, -0.25) is 9.59 Å². The third kappa shape index (κ3) is 6.41. The number of ketones is 1. The summed E-state index contributed by atoms with van der Waals surface area (Å²) in [6.45, 7) is 6.94. The Morgan fingerprint density at radius 1 is 1.03 bits per heavy atom. The molecule has 0 spiro atoms. The van der Waals surface area contributed by atoms with Crippen LogP contribution in [-0.4, -0.2) is 60.1 Å². The summed E-state index contributed by atoms with van der Waals surface area (Å²) in [6, 6.07) is 0. The van der Waals surface area contributed by atoms with Crippen LogP contribution in [0.4, 0.5) is 11.4 Å². The van der Waals surface area contributed by atoms with Crippen molar-refractivity contribution >= 4 is 59.0 Å². The van der Waals surface area contributed by atoms with Crippen molar-refractivity contribution in [3.8, 4) is 0 Å². The summed E-state index contributed by atoms with van der Waals surface area (Å²) in [5.74, 6) is 0.408. The Kier molecular flexibility index (Phi) is 9.60. The number of anilines is 2. The monoisotopic (exact) mass is 513 g/mol. The van der Waals surface area contributed by atoms with Gasteiger partial charge in [-0.2, -0.15) is 0 Å². The highest BCUT2D eigenvalue weighted by Gasteiger charge is 2.36. The first-order valence-electron chi connectivity index (χ1n) is 10.3. The Morgan fingerprint density at radius 2 is 1.58 bits per heavy atom. The lowest BCUT2D eigenvalue weighted by molar-refractivity contribution is -0.113. The number of rotatable bonds is 11. The highest BCUT2D eigenvalue weighted by molar-refractivity contribution is 7.79. The molecule has 2 aromatic heterocycles. The molecule has 0 aliphatic heterocycles. The van der Waals surface area contributed by atoms with Gasteiger partial charge in [-0.05, 0) is 49.6 Å². The number of carbonyl (C=O) groups is 3. The van der Waals surface area contributed by atoms with Crippen LogP contribution in [0.15, 0.2) is 22.5 Å². The molecule has 0 bridgehead atoms. The van der Waals surface area contributed by atoms with E-state index in [9.17, 15) is 24.6 Å². The Labute approximate surface area is 202 Å². The molecular weight excluding hydrogens is 483 g/mol. The number of nitrogens with one attached hydrogen (secondary N) is 2. The van der Waals surface area contributed by atoms with Gasteiger partial charge in [-0.1, -0.05) is 0 Å². The minimum atomic E-state index is -2.06. The van der Waals surface area contributed by atoms with Crippen molar-refractivity contribution in [3.05, 3.63) is 43.3 Å². The molecule has 0 radical (unpaired) electrons. The number of ether oxygens (including phenoxy) is 1. The molecule has 0 aliphatic rings. The maximum Gasteiger partial charge on any atom is 0.350 e. The van der Waals surface area contributed by atoms with Crippen molar-refractivity contribution in [1.29, 1.82) is 0 Å². The SMILES string of the molecule is CC[P+](/C=C(/O)Nc1c(C)csc1C(=O)OC)(CC)CC(=O)Nc1c(C)csc1C(=O)CO. The summed E-state index contributed by atoms with van der Waals surface area (Å²) in [6.07, 6.45) is 1.54. The van der Waals surface area contributed by atoms with Crippen molar-refractivity contribution < 1.29 is 29.3 Å². The van der Waals surface area contributed by atoms with Crippen LogP contribution in [0.5, 0.6) is 0 Å². The summed E-state index contributed by atoms with van der Waals surface area (Å²) in [7, 11) is -0.758. The van der Waals surface area contributed by atoms with Crippen molar-refractivity contribution in [3.63, 3.8) is 0 Å². The van der Waals surface area contributed by atoms with Crippen LogP contribution in [0.3, 0.4) is 0 Å². The zero-order valence-electron chi connectivity index (χ0n) is 19.4. The second kappa shape index (κ2) is 11.7. The molecule has 4 N–H and O–H groups in total. The average Bonchev–Trinajstić information content (AvgIpc) is 3.34. The molecule has 1 amide bonds. The van der Waals surface area contributed by atoms with E-state index in [4.69, 9.17) is 4.74 Å². The number of amides is 1. The maximum atomic E-state index is 13.0. The van der Waals surface area contributed by atoms with Gasteiger partial charge in [0.2, 0.25) is 5.88 Å². The predicted octanol–water partition coefficient (Wildman–Crippen LogP) is 4.85. The predicted molar refractivity (Wildman–Crippen MR) is 137 cm³/mol. The molecular formula is C22H30N2O6PS2+. The summed E-state index contributed by atoms with van der Waals surface area (Å²) < 4.78 is 4.81. The number of Topliss-reactive ketones (excluding diaryl/α,β-unsaturated/α-hetero) is 1. The van der Waals surface area contributed by atoms with E-state index in [0.29, 0.717) is 33.5 Å². The van der Waals surface area contributed by atoms with Crippen LogP contribution in [-0.2, 0) is 9.53 Å². The normalized spacial score (nSPS) is 11.9. The number of aryl methyl sites for hydroxylation is 2. The Morgan fingerprint density at radius 3 is 2.09 bits per heavy atom. The van der Waals surface area contributed by atoms with Crippen LogP contribution < -0.4 is 10.6 Å². The highest BCUT2D eigenvalue weighted by Crippen LogP contribution is 2.60. The van der Waals surface area contributed by atoms with Gasteiger partial charge in [-0.25, -0.2) is 4.79 Å². The number of thiophene rings is 2. The van der Waals surface area contributed by atoms with Crippen LogP contribution in [0.2, 0.25) is 0 Å². The van der Waals surface area contributed by atoms with E-state index >= 15 is 0 Å². The van der Waals surface area contributed by atoms with Gasteiger partial charge >= 0.3 is 5.97 Å². The average molecular weight is 514 g/mol. The third-order valence-corrected chi connectivity index (χ3v) is 11.8. The van der Waals surface area contributed by atoms with Gasteiger partial charge in [0, 0.05) is 0 Å². The number of carbonyl (C=O) groups excluding carboxylic acids is 3. The summed E-state index contributed by atoms with van der Waals surface area (Å²) in [5.41, 5.74) is 2.46. The molecule has 0 aromatic carbocycles. The number of aliphatic hydroxyl groups excluding tert-OH is 2. The fourth-order valence-corrected chi connectivity index (χ4v) is 7.72. The Bertz CT molecular complexity index is 1060. The molecule has 2 rings (SSSR count). The van der Waals surface area contributed by atoms with E-state index in [0.717, 1.165) is 11.1 Å². The number of hydrogen-bond donors (Lipinski definition) is 4. The zero-order chi connectivity index (χ0) is 24.8. The molecule has 8 nitrogen and oxygen atoms in total. The van der Waals surface area contributed by atoms with E-state index in [1.54, 1.807) is 23.5 Å². The lowest BCUT2D eigenvalue weighted by atomic mass is 10.2. The van der Waals surface area contributed by atoms with Crippen molar-refractivity contribution in [2.75, 3.05) is 42.8 Å². The molecule has 0 unspecified atom stereocenters. The van der Waals surface area contributed by atoms with E-state index in [1.165, 1.54) is 29.8 Å². The highest BCUT2D eigenvalue weighted by atomic mass is 32.1. The standard InChI is InChI=1S/C22H29N2O6PS2/c1-6-31(7-2,9-16(27)23-18-13(3)11-32-20(18)15(26)8-25)10-17(28)24-19-14(4)12-33-21(19)22(29)30-5/h10-12,25H,6-9H2,1-5H3,(H2-,23,24,26,27,28,29)/p+1/b17-10+. The maximum absolute atomic E-state index is 13.0. The van der Waals surface area contributed by atoms with Gasteiger partial charge in [0.15, 0.2) is 5.78 Å². The van der Waals surface area contributed by atoms with Crippen molar-refractivity contribution in [1.82, 2.24) is 0 Å². The lowest BCUT2D eigenvalue weighted by Crippen LogP contribution is -2.22. The molecule has 11 heteroatoms. The smallest absolute Gasteiger partial charge is 0.350 e. The quantitative estimate of drug-likeness (QED) is 0.146. The van der Waals surface area contributed by atoms with Crippen LogP contribution in [0.25, 0.3) is 0 Å². The van der Waals surface area contributed by atoms with E-state index in [2.05, 4.69) is 10.6 Å². The number of hydrogen-bond acceptors (Lipinski definition) is 9. The number of methoxy groups -OCH3 is 1. The lowest BCUT2D eigenvalue weighted by Gasteiger charge is -2.21. The topological polar surface area (TPSA) is 125 Å². The molecule has 0 atom stereocenters. The minimum absolute atomic E-state index is 0.116. The van der Waals surface area contributed by atoms with Gasteiger partial charge in [0.1, 0.15) is 23.5 Å².